The highest BCUT2D eigenvalue weighted by atomic mass is 16.7. The number of carbonyl (C=O) groups excluding carboxylic acids is 6. The first kappa shape index (κ1) is 46.4. The SMILES string of the molecule is COC(=O)[C@H]1O[C@@H](Oc2ccccc2COC(=O)N(C)CCN(C)C(=O)n2ccc3c(-c4cnn([C@H](CC#N)C5CCCC5)c4)ncnc32)[C@H](OC(C)=O)[C@@H](OC(C)=O)[C@@H]1OC(C)=O. The van der Waals surface area contributed by atoms with E-state index in [1.165, 1.54) is 33.8 Å². The maximum atomic E-state index is 13.7. The van der Waals surface area contributed by atoms with Crippen molar-refractivity contribution >= 4 is 47.0 Å². The lowest BCUT2D eigenvalue weighted by Crippen LogP contribution is -2.64. The Hall–Kier alpha value is -7.08. The molecule has 0 unspecified atom stereocenters. The van der Waals surface area contributed by atoms with Crippen molar-refractivity contribution < 1.29 is 61.9 Å². The van der Waals surface area contributed by atoms with Crippen molar-refractivity contribution in [2.24, 2.45) is 5.92 Å². The number of esters is 4. The monoisotopic (exact) mass is 886 g/mol. The average Bonchev–Trinajstić information content (AvgIpc) is 4.07. The Morgan fingerprint density at radius 2 is 1.58 bits per heavy atom. The third kappa shape index (κ3) is 10.7. The van der Waals surface area contributed by atoms with Gasteiger partial charge in [0.15, 0.2) is 24.0 Å². The van der Waals surface area contributed by atoms with E-state index >= 15 is 0 Å². The molecule has 1 aliphatic carbocycles. The number of methoxy groups -OCH3 is 1. The van der Waals surface area contributed by atoms with Crippen LogP contribution in [0.25, 0.3) is 22.3 Å². The molecule has 0 N–H and O–H groups in total. The van der Waals surface area contributed by atoms with E-state index in [9.17, 15) is 34.0 Å². The number of aromatic nitrogens is 5. The van der Waals surface area contributed by atoms with Gasteiger partial charge in [-0.15, -0.1) is 0 Å². The second-order valence-corrected chi connectivity index (χ2v) is 15.4. The van der Waals surface area contributed by atoms with Crippen molar-refractivity contribution in [3.8, 4) is 23.1 Å². The van der Waals surface area contributed by atoms with E-state index in [0.29, 0.717) is 34.6 Å². The topological polar surface area (TPSA) is 246 Å². The van der Waals surface area contributed by atoms with Crippen molar-refractivity contribution in [1.82, 2.24) is 34.1 Å². The molecule has 4 aromatic rings. The van der Waals surface area contributed by atoms with E-state index in [0.717, 1.165) is 59.1 Å². The van der Waals surface area contributed by atoms with Gasteiger partial charge in [0.2, 0.25) is 12.4 Å². The third-order valence-electron chi connectivity index (χ3n) is 11.0. The normalized spacial score (nSPS) is 20.0. The van der Waals surface area contributed by atoms with Gasteiger partial charge < -0.3 is 43.0 Å². The van der Waals surface area contributed by atoms with Crippen LogP contribution in [0.5, 0.6) is 5.75 Å². The summed E-state index contributed by atoms with van der Waals surface area (Å²) < 4.78 is 41.8. The Morgan fingerprint density at radius 3 is 2.27 bits per heavy atom. The largest absolute Gasteiger partial charge is 0.467 e. The average molecular weight is 887 g/mol. The summed E-state index contributed by atoms with van der Waals surface area (Å²) in [6.07, 6.45) is 2.64. The van der Waals surface area contributed by atoms with E-state index in [-0.39, 0.29) is 31.5 Å². The van der Waals surface area contributed by atoms with Gasteiger partial charge in [0.05, 0.1) is 37.5 Å². The van der Waals surface area contributed by atoms with Gasteiger partial charge in [0, 0.05) is 76.9 Å². The number of benzene rings is 1. The van der Waals surface area contributed by atoms with Gasteiger partial charge >= 0.3 is 36.0 Å². The standard InChI is InChI=1S/C43H50N8O13/c1-25(52)60-35-36(61-26(2)53)38(62-27(3)54)41(64-37(35)40(55)58-6)63-33-14-10-9-13-29(33)23-59-43(57)49(5)20-19-48(4)42(56)50-18-16-31-34(45-24-46-39(31)50)30-21-47-51(22-30)32(15-17-44)28-11-7-8-12-28/h9-10,13-14,16,18,21-22,24,28,32,35-38,41H,7-8,11-12,15,19-20,23H2,1-6H3/t32-,35+,36+,37+,38-,41-/m1/s1. The van der Waals surface area contributed by atoms with E-state index in [1.807, 2.05) is 10.9 Å². The highest BCUT2D eigenvalue weighted by molar-refractivity contribution is 5.96. The van der Waals surface area contributed by atoms with Crippen molar-refractivity contribution in [3.05, 3.63) is 60.8 Å². The van der Waals surface area contributed by atoms with Crippen LogP contribution < -0.4 is 4.74 Å². The molecule has 4 heterocycles. The van der Waals surface area contributed by atoms with Crippen LogP contribution >= 0.6 is 0 Å². The van der Waals surface area contributed by atoms with Crippen LogP contribution in [-0.2, 0) is 54.2 Å². The summed E-state index contributed by atoms with van der Waals surface area (Å²) in [7, 11) is 4.16. The molecule has 1 aliphatic heterocycles. The summed E-state index contributed by atoms with van der Waals surface area (Å²) in [4.78, 5) is 87.9. The molecule has 2 fully saturated rings. The molecule has 6 atom stereocenters. The molecule has 6 rings (SSSR count). The van der Waals surface area contributed by atoms with Crippen molar-refractivity contribution in [1.29, 1.82) is 5.26 Å². The first-order valence-corrected chi connectivity index (χ1v) is 20.6. The predicted molar refractivity (Wildman–Crippen MR) is 221 cm³/mol. The maximum Gasteiger partial charge on any atom is 0.409 e. The van der Waals surface area contributed by atoms with Crippen LogP contribution in [0.1, 0.15) is 64.5 Å². The molecule has 0 spiro atoms. The Labute approximate surface area is 368 Å². The number of carbonyl (C=O) groups is 6. The van der Waals surface area contributed by atoms with Gasteiger partial charge in [0.25, 0.3) is 0 Å². The van der Waals surface area contributed by atoms with E-state index in [2.05, 4.69) is 21.1 Å². The zero-order valence-electron chi connectivity index (χ0n) is 36.3. The van der Waals surface area contributed by atoms with Crippen LogP contribution in [0.3, 0.4) is 0 Å². The lowest BCUT2D eigenvalue weighted by Gasteiger charge is -2.43. The minimum atomic E-state index is -1.67. The number of ether oxygens (including phenoxy) is 7. The predicted octanol–water partition coefficient (Wildman–Crippen LogP) is 4.18. The number of nitriles is 1. The number of para-hydroxylation sites is 1. The fraction of sp³-hybridized carbons (Fsp3) is 0.488. The molecular formula is C43H50N8O13. The van der Waals surface area contributed by atoms with Gasteiger partial charge in [-0.1, -0.05) is 31.0 Å². The van der Waals surface area contributed by atoms with Crippen LogP contribution in [0, 0.1) is 17.2 Å². The van der Waals surface area contributed by atoms with Gasteiger partial charge in [-0.05, 0) is 30.9 Å². The highest BCUT2D eigenvalue weighted by Crippen LogP contribution is 2.37. The fourth-order valence-corrected chi connectivity index (χ4v) is 7.85. The number of fused-ring (bicyclic) bond motifs is 1. The lowest BCUT2D eigenvalue weighted by atomic mass is 9.96. The molecule has 21 heteroatoms. The summed E-state index contributed by atoms with van der Waals surface area (Å²) in [5.74, 6) is -3.07. The molecule has 1 saturated carbocycles. The number of hydrogen-bond donors (Lipinski definition) is 0. The zero-order chi connectivity index (χ0) is 46.1. The Kier molecular flexibility index (Phi) is 15.1. The molecule has 0 radical (unpaired) electrons. The molecule has 64 heavy (non-hydrogen) atoms. The Bertz CT molecular complexity index is 2390. The second-order valence-electron chi connectivity index (χ2n) is 15.4. The molecule has 340 valence electrons. The minimum Gasteiger partial charge on any atom is -0.467 e. The first-order valence-electron chi connectivity index (χ1n) is 20.6. The number of likely N-dealkylation sites (N-methyl/N-ethyl adjacent to an activating group) is 2. The number of rotatable bonds is 15. The molecule has 2 amide bonds. The summed E-state index contributed by atoms with van der Waals surface area (Å²) in [6, 6.07) is 9.98. The molecule has 1 aromatic carbocycles. The Balaban J connectivity index is 1.09. The second kappa shape index (κ2) is 20.9. The van der Waals surface area contributed by atoms with Gasteiger partial charge in [-0.2, -0.15) is 10.4 Å². The van der Waals surface area contributed by atoms with E-state index in [4.69, 9.17) is 33.2 Å². The van der Waals surface area contributed by atoms with Gasteiger partial charge in [-0.3, -0.25) is 23.6 Å². The lowest BCUT2D eigenvalue weighted by molar-refractivity contribution is -0.282. The third-order valence-corrected chi connectivity index (χ3v) is 11.0. The summed E-state index contributed by atoms with van der Waals surface area (Å²) >= 11 is 0. The molecule has 1 saturated heterocycles. The molecule has 0 bridgehead atoms. The number of hydrogen-bond acceptors (Lipinski definition) is 17. The summed E-state index contributed by atoms with van der Waals surface area (Å²) in [5, 5.41) is 14.8. The molecule has 3 aromatic heterocycles. The van der Waals surface area contributed by atoms with Crippen LogP contribution in [0.4, 0.5) is 9.59 Å². The van der Waals surface area contributed by atoms with Crippen LogP contribution in [-0.4, -0.2) is 135 Å². The molecule has 2 aliphatic rings. The number of amides is 2. The summed E-state index contributed by atoms with van der Waals surface area (Å²) in [6.45, 7) is 3.10. The zero-order valence-corrected chi connectivity index (χ0v) is 36.3. The minimum absolute atomic E-state index is 0.0261. The number of nitrogens with zero attached hydrogens (tertiary/aromatic N) is 8. The van der Waals surface area contributed by atoms with E-state index < -0.39 is 66.7 Å². The van der Waals surface area contributed by atoms with Crippen LogP contribution in [0.2, 0.25) is 0 Å². The van der Waals surface area contributed by atoms with Gasteiger partial charge in [-0.25, -0.2) is 24.4 Å². The maximum absolute atomic E-state index is 13.7. The van der Waals surface area contributed by atoms with E-state index in [1.54, 1.807) is 43.7 Å². The van der Waals surface area contributed by atoms with Crippen molar-refractivity contribution in [2.75, 3.05) is 34.3 Å². The van der Waals surface area contributed by atoms with Crippen molar-refractivity contribution in [2.45, 2.75) is 96.2 Å². The van der Waals surface area contributed by atoms with Crippen LogP contribution in [0.15, 0.2) is 55.2 Å². The van der Waals surface area contributed by atoms with Gasteiger partial charge in [0.1, 0.15) is 18.7 Å². The van der Waals surface area contributed by atoms with Crippen molar-refractivity contribution in [3.63, 3.8) is 0 Å². The molecule has 21 nitrogen and oxygen atoms in total. The molecular weight excluding hydrogens is 837 g/mol. The fourth-order valence-electron chi connectivity index (χ4n) is 7.85. The Morgan fingerprint density at radius 1 is 0.906 bits per heavy atom. The smallest absolute Gasteiger partial charge is 0.409 e. The quantitative estimate of drug-likeness (QED) is 0.120. The first-order chi connectivity index (χ1) is 30.7. The highest BCUT2D eigenvalue weighted by Gasteiger charge is 2.56. The summed E-state index contributed by atoms with van der Waals surface area (Å²) in [5.41, 5.74) is 2.05.